The van der Waals surface area contributed by atoms with Gasteiger partial charge in [-0.1, -0.05) is 237 Å². The Bertz CT molecular complexity index is 1020. The number of carbonyl (C=O) groups excluding carboxylic acids is 3. The first kappa shape index (κ1) is 57.6. The minimum atomic E-state index is -0.771. The van der Waals surface area contributed by atoms with Gasteiger partial charge in [0.05, 0.1) is 0 Å². The summed E-state index contributed by atoms with van der Waals surface area (Å²) in [6.07, 6.45) is 56.9. The molecule has 0 rings (SSSR count). The highest BCUT2D eigenvalue weighted by atomic mass is 16.6. The van der Waals surface area contributed by atoms with E-state index in [4.69, 9.17) is 14.2 Å². The largest absolute Gasteiger partial charge is 0.462 e. The summed E-state index contributed by atoms with van der Waals surface area (Å²) in [5, 5.41) is 0. The van der Waals surface area contributed by atoms with Crippen molar-refractivity contribution < 1.29 is 28.6 Å². The lowest BCUT2D eigenvalue weighted by Gasteiger charge is -2.18. The van der Waals surface area contributed by atoms with Gasteiger partial charge in [-0.3, -0.25) is 14.4 Å². The summed E-state index contributed by atoms with van der Waals surface area (Å²) in [5.74, 6) is -0.874. The Balaban J connectivity index is 4.35. The Morgan fingerprint density at radius 3 is 1.02 bits per heavy atom. The highest BCUT2D eigenvalue weighted by Crippen LogP contribution is 2.16. The Morgan fingerprint density at radius 1 is 0.350 bits per heavy atom. The fourth-order valence-corrected chi connectivity index (χ4v) is 7.52. The lowest BCUT2D eigenvalue weighted by Crippen LogP contribution is -2.30. The van der Waals surface area contributed by atoms with Crippen LogP contribution in [-0.2, 0) is 28.6 Å². The molecule has 0 aromatic carbocycles. The van der Waals surface area contributed by atoms with Gasteiger partial charge in [-0.15, -0.1) is 0 Å². The number of ether oxygens (including phenoxy) is 3. The summed E-state index contributed by atoms with van der Waals surface area (Å²) in [6, 6.07) is 0. The second kappa shape index (κ2) is 49.3. The van der Waals surface area contributed by atoms with Crippen molar-refractivity contribution in [2.24, 2.45) is 0 Å². The van der Waals surface area contributed by atoms with E-state index in [1.807, 2.05) is 0 Å². The molecule has 0 aliphatic heterocycles. The predicted octanol–water partition coefficient (Wildman–Crippen LogP) is 16.9. The fourth-order valence-electron chi connectivity index (χ4n) is 7.52. The molecule has 0 saturated heterocycles. The molecule has 6 heteroatoms. The number of unbranched alkanes of at least 4 members (excludes halogenated alkanes) is 30. The van der Waals surface area contributed by atoms with Crippen LogP contribution in [0.1, 0.15) is 271 Å². The van der Waals surface area contributed by atoms with Crippen molar-refractivity contribution >= 4 is 17.9 Å². The van der Waals surface area contributed by atoms with Crippen molar-refractivity contribution in [1.82, 2.24) is 0 Å². The first-order valence-corrected chi connectivity index (χ1v) is 26.0. The number of rotatable bonds is 47. The summed E-state index contributed by atoms with van der Waals surface area (Å²) in [4.78, 5) is 37.9. The maximum atomic E-state index is 12.8. The topological polar surface area (TPSA) is 78.9 Å². The Morgan fingerprint density at radius 2 is 0.650 bits per heavy atom. The molecule has 0 aromatic rings. The average molecular weight is 843 g/mol. The number of hydrogen-bond donors (Lipinski definition) is 0. The van der Waals surface area contributed by atoms with Gasteiger partial charge in [0.2, 0.25) is 0 Å². The molecule has 0 saturated carbocycles. The maximum Gasteiger partial charge on any atom is 0.306 e. The van der Waals surface area contributed by atoms with Crippen molar-refractivity contribution in [3.8, 4) is 0 Å². The normalized spacial score (nSPS) is 12.2. The molecule has 1 atom stereocenters. The molecular formula is C54H98O6. The standard InChI is InChI=1S/C54H98O6/c1-4-7-10-13-16-19-22-24-26-28-29-32-35-38-41-44-47-53(56)59-50-51(49-58-52(55)46-43-40-37-34-31-21-18-15-12-9-6-3)60-54(57)48-45-42-39-36-33-30-27-25-23-20-17-14-11-8-5-2/h7,10,16,19,24,26,51H,4-6,8-9,11-15,17-18,20-23,25,27-50H2,1-3H3/b10-7-,19-16-,26-24-. The smallest absolute Gasteiger partial charge is 0.306 e. The average Bonchev–Trinajstić information content (AvgIpc) is 3.24. The molecule has 0 fully saturated rings. The van der Waals surface area contributed by atoms with Gasteiger partial charge < -0.3 is 14.2 Å². The van der Waals surface area contributed by atoms with Crippen LogP contribution in [0.5, 0.6) is 0 Å². The van der Waals surface area contributed by atoms with Crippen molar-refractivity contribution in [2.45, 2.75) is 277 Å². The zero-order valence-corrected chi connectivity index (χ0v) is 40.0. The zero-order valence-electron chi connectivity index (χ0n) is 40.0. The van der Waals surface area contributed by atoms with Gasteiger partial charge in [-0.2, -0.15) is 0 Å². The highest BCUT2D eigenvalue weighted by molar-refractivity contribution is 5.71. The van der Waals surface area contributed by atoms with Crippen LogP contribution < -0.4 is 0 Å². The van der Waals surface area contributed by atoms with Crippen LogP contribution in [0.4, 0.5) is 0 Å². The monoisotopic (exact) mass is 843 g/mol. The first-order valence-electron chi connectivity index (χ1n) is 26.0. The highest BCUT2D eigenvalue weighted by Gasteiger charge is 2.19. The fraction of sp³-hybridized carbons (Fsp3) is 0.833. The van der Waals surface area contributed by atoms with E-state index in [1.54, 1.807) is 0 Å². The van der Waals surface area contributed by atoms with E-state index < -0.39 is 6.10 Å². The second-order valence-corrected chi connectivity index (χ2v) is 17.4. The van der Waals surface area contributed by atoms with Gasteiger partial charge in [0.1, 0.15) is 13.2 Å². The van der Waals surface area contributed by atoms with E-state index in [9.17, 15) is 14.4 Å². The lowest BCUT2D eigenvalue weighted by atomic mass is 10.0. The summed E-state index contributed by atoms with van der Waals surface area (Å²) in [7, 11) is 0. The minimum absolute atomic E-state index is 0.0721. The predicted molar refractivity (Wildman–Crippen MR) is 256 cm³/mol. The molecule has 0 aromatic heterocycles. The Hall–Kier alpha value is -2.37. The quantitative estimate of drug-likeness (QED) is 0.0263. The Kier molecular flexibility index (Phi) is 47.3. The first-order chi connectivity index (χ1) is 29.5. The summed E-state index contributed by atoms with van der Waals surface area (Å²) in [5.41, 5.74) is 0. The van der Waals surface area contributed by atoms with Crippen LogP contribution in [-0.4, -0.2) is 37.2 Å². The third-order valence-electron chi connectivity index (χ3n) is 11.4. The SMILES string of the molecule is CC/C=C\C/C=C\C/C=C\CCCCCCCCC(=O)OCC(COC(=O)CCCCCCCCCCCCC)OC(=O)CCCCCCCCCCCCCCCCC. The van der Waals surface area contributed by atoms with E-state index in [0.29, 0.717) is 19.3 Å². The summed E-state index contributed by atoms with van der Waals surface area (Å²) >= 11 is 0. The molecule has 0 aliphatic rings. The van der Waals surface area contributed by atoms with Crippen molar-refractivity contribution in [3.05, 3.63) is 36.5 Å². The number of allylic oxidation sites excluding steroid dienone is 6. The van der Waals surface area contributed by atoms with Gasteiger partial charge in [0.25, 0.3) is 0 Å². The number of hydrogen-bond acceptors (Lipinski definition) is 6. The van der Waals surface area contributed by atoms with Gasteiger partial charge in [0, 0.05) is 19.3 Å². The van der Waals surface area contributed by atoms with E-state index in [2.05, 4.69) is 57.2 Å². The van der Waals surface area contributed by atoms with Crippen LogP contribution >= 0.6 is 0 Å². The van der Waals surface area contributed by atoms with Crippen LogP contribution in [0, 0.1) is 0 Å². The van der Waals surface area contributed by atoms with Crippen LogP contribution in [0.25, 0.3) is 0 Å². The molecule has 0 amide bonds. The molecule has 0 radical (unpaired) electrons. The maximum absolute atomic E-state index is 12.8. The molecule has 6 nitrogen and oxygen atoms in total. The van der Waals surface area contributed by atoms with Crippen LogP contribution in [0.15, 0.2) is 36.5 Å². The molecule has 0 aliphatic carbocycles. The van der Waals surface area contributed by atoms with Crippen molar-refractivity contribution in [1.29, 1.82) is 0 Å². The summed E-state index contributed by atoms with van der Waals surface area (Å²) < 4.78 is 16.8. The number of carbonyl (C=O) groups is 3. The molecule has 60 heavy (non-hydrogen) atoms. The molecule has 0 spiro atoms. The van der Waals surface area contributed by atoms with Crippen LogP contribution in [0.2, 0.25) is 0 Å². The zero-order chi connectivity index (χ0) is 43.7. The van der Waals surface area contributed by atoms with E-state index >= 15 is 0 Å². The second-order valence-electron chi connectivity index (χ2n) is 17.4. The minimum Gasteiger partial charge on any atom is -0.462 e. The molecular weight excluding hydrogens is 745 g/mol. The molecule has 0 N–H and O–H groups in total. The van der Waals surface area contributed by atoms with E-state index in [0.717, 1.165) is 83.5 Å². The molecule has 0 bridgehead atoms. The summed E-state index contributed by atoms with van der Waals surface area (Å²) in [6.45, 7) is 6.53. The van der Waals surface area contributed by atoms with E-state index in [1.165, 1.54) is 148 Å². The third kappa shape index (κ3) is 46.7. The lowest BCUT2D eigenvalue weighted by molar-refractivity contribution is -0.167. The molecule has 1 unspecified atom stereocenters. The molecule has 0 heterocycles. The number of esters is 3. The van der Waals surface area contributed by atoms with Gasteiger partial charge in [0.15, 0.2) is 6.10 Å². The van der Waals surface area contributed by atoms with Gasteiger partial charge in [-0.05, 0) is 51.4 Å². The van der Waals surface area contributed by atoms with Gasteiger partial charge >= 0.3 is 17.9 Å². The van der Waals surface area contributed by atoms with Crippen molar-refractivity contribution in [3.63, 3.8) is 0 Å². The Labute approximate surface area is 372 Å². The van der Waals surface area contributed by atoms with Crippen molar-refractivity contribution in [2.75, 3.05) is 13.2 Å². The third-order valence-corrected chi connectivity index (χ3v) is 11.4. The van der Waals surface area contributed by atoms with Gasteiger partial charge in [-0.25, -0.2) is 0 Å². The van der Waals surface area contributed by atoms with E-state index in [-0.39, 0.29) is 31.1 Å². The molecule has 350 valence electrons. The van der Waals surface area contributed by atoms with Crippen LogP contribution in [0.3, 0.4) is 0 Å².